The average molecular weight is 455 g/mol. The van der Waals surface area contributed by atoms with Gasteiger partial charge >= 0.3 is 0 Å². The van der Waals surface area contributed by atoms with E-state index < -0.39 is 6.04 Å². The Balaban J connectivity index is 1.81. The molecule has 32 heavy (non-hydrogen) atoms. The maximum Gasteiger partial charge on any atom is 0.254 e. The minimum atomic E-state index is -0.439. The van der Waals surface area contributed by atoms with Crippen LogP contribution in [-0.4, -0.2) is 57.3 Å². The third-order valence-corrected chi connectivity index (χ3v) is 5.62. The third kappa shape index (κ3) is 5.43. The molecule has 2 atom stereocenters. The smallest absolute Gasteiger partial charge is 0.254 e. The maximum atomic E-state index is 13.0. The van der Waals surface area contributed by atoms with Crippen LogP contribution >= 0.6 is 11.6 Å². The fourth-order valence-corrected chi connectivity index (χ4v) is 3.54. The minimum Gasteiger partial charge on any atom is -0.394 e. The first kappa shape index (κ1) is 23.7. The van der Waals surface area contributed by atoms with E-state index in [0.29, 0.717) is 22.2 Å². The molecule has 3 aromatic rings. The van der Waals surface area contributed by atoms with Crippen molar-refractivity contribution in [2.45, 2.75) is 25.4 Å². The van der Waals surface area contributed by atoms with Crippen molar-refractivity contribution >= 4 is 23.5 Å². The highest BCUT2D eigenvalue weighted by Gasteiger charge is 2.22. The van der Waals surface area contributed by atoms with E-state index in [2.05, 4.69) is 15.3 Å². The van der Waals surface area contributed by atoms with Gasteiger partial charge in [0.2, 0.25) is 5.95 Å². The quantitative estimate of drug-likeness (QED) is 0.455. The second-order valence-corrected chi connectivity index (χ2v) is 7.83. The lowest BCUT2D eigenvalue weighted by Crippen LogP contribution is -2.33. The zero-order valence-corrected chi connectivity index (χ0v) is 18.8. The van der Waals surface area contributed by atoms with E-state index >= 15 is 0 Å². The summed E-state index contributed by atoms with van der Waals surface area (Å²) in [4.78, 5) is 23.2. The number of halogens is 1. The first-order valence-corrected chi connectivity index (χ1v) is 10.8. The van der Waals surface area contributed by atoms with Gasteiger partial charge in [0.05, 0.1) is 42.2 Å². The number of benzene rings is 2. The zero-order chi connectivity index (χ0) is 23.1. The fraction of sp³-hybridized carbons (Fsp3) is 0.292. The van der Waals surface area contributed by atoms with Crippen LogP contribution in [0.5, 0.6) is 0 Å². The summed E-state index contributed by atoms with van der Waals surface area (Å²) in [6.45, 7) is 1.75. The van der Waals surface area contributed by atoms with Gasteiger partial charge in [0, 0.05) is 18.2 Å². The Hall–Kier alpha value is -3.00. The van der Waals surface area contributed by atoms with Crippen molar-refractivity contribution < 1.29 is 15.0 Å². The van der Waals surface area contributed by atoms with E-state index in [1.807, 2.05) is 37.3 Å². The summed E-state index contributed by atoms with van der Waals surface area (Å²) in [5.41, 5.74) is 2.62. The Bertz CT molecular complexity index is 1030. The number of aliphatic hydroxyl groups is 2. The number of nitrogens with one attached hydrogen (secondary N) is 1. The highest BCUT2D eigenvalue weighted by molar-refractivity contribution is 6.32. The molecule has 0 fully saturated rings. The van der Waals surface area contributed by atoms with E-state index in [-0.39, 0.29) is 25.2 Å². The van der Waals surface area contributed by atoms with Gasteiger partial charge in [-0.3, -0.25) is 4.79 Å². The number of rotatable bonds is 9. The molecular formula is C24H27ClN4O3. The summed E-state index contributed by atoms with van der Waals surface area (Å²) in [7, 11) is 1.68. The fourth-order valence-electron chi connectivity index (χ4n) is 3.34. The normalized spacial score (nSPS) is 12.8. The predicted molar refractivity (Wildman–Crippen MR) is 126 cm³/mol. The van der Waals surface area contributed by atoms with E-state index in [4.69, 9.17) is 11.6 Å². The summed E-state index contributed by atoms with van der Waals surface area (Å²) >= 11 is 6.31. The molecule has 1 aromatic heterocycles. The lowest BCUT2D eigenvalue weighted by Gasteiger charge is -2.27. The lowest BCUT2D eigenvalue weighted by molar-refractivity contribution is 0.0658. The second kappa shape index (κ2) is 11.0. The SMILES string of the molecule is CC[C@@H](CO)Nc1ncc(Cl)c(-c2ccc(C(=O)N(C)[C@H](CO)c3ccccc3)cc2)n1. The van der Waals surface area contributed by atoms with Crippen LogP contribution in [-0.2, 0) is 0 Å². The van der Waals surface area contributed by atoms with Crippen LogP contribution in [0.2, 0.25) is 5.02 Å². The first-order valence-electron chi connectivity index (χ1n) is 10.4. The van der Waals surface area contributed by atoms with Crippen molar-refractivity contribution in [3.63, 3.8) is 0 Å². The number of hydrogen-bond acceptors (Lipinski definition) is 6. The highest BCUT2D eigenvalue weighted by atomic mass is 35.5. The second-order valence-electron chi connectivity index (χ2n) is 7.42. The molecule has 0 radical (unpaired) electrons. The molecule has 0 aliphatic carbocycles. The van der Waals surface area contributed by atoms with Gasteiger partial charge in [-0.05, 0) is 24.1 Å². The molecule has 1 amide bonds. The molecule has 1 heterocycles. The van der Waals surface area contributed by atoms with Gasteiger partial charge in [-0.2, -0.15) is 0 Å². The number of carbonyl (C=O) groups excluding carboxylic acids is 1. The number of hydrogen-bond donors (Lipinski definition) is 3. The molecule has 0 unspecified atom stereocenters. The summed E-state index contributed by atoms with van der Waals surface area (Å²) in [6.07, 6.45) is 2.23. The summed E-state index contributed by atoms with van der Waals surface area (Å²) < 4.78 is 0. The molecule has 0 saturated heterocycles. The van der Waals surface area contributed by atoms with Crippen molar-refractivity contribution in [2.75, 3.05) is 25.6 Å². The number of aromatic nitrogens is 2. The number of nitrogens with zero attached hydrogens (tertiary/aromatic N) is 3. The van der Waals surface area contributed by atoms with Crippen LogP contribution in [0.3, 0.4) is 0 Å². The molecule has 2 aromatic carbocycles. The Morgan fingerprint density at radius 1 is 1.09 bits per heavy atom. The molecule has 168 valence electrons. The summed E-state index contributed by atoms with van der Waals surface area (Å²) in [5.74, 6) is 0.170. The average Bonchev–Trinajstić information content (AvgIpc) is 2.84. The van der Waals surface area contributed by atoms with E-state index in [1.165, 1.54) is 11.1 Å². The standard InChI is InChI=1S/C24H27ClN4O3/c1-3-19(14-30)27-24-26-13-20(25)22(28-24)17-9-11-18(12-10-17)23(32)29(2)21(15-31)16-7-5-4-6-8-16/h4-13,19,21,30-31H,3,14-15H2,1-2H3,(H,26,27,28)/t19-,21+/m0/s1. The van der Waals surface area contributed by atoms with E-state index in [0.717, 1.165) is 17.5 Å². The van der Waals surface area contributed by atoms with Crippen molar-refractivity contribution in [1.29, 1.82) is 0 Å². The largest absolute Gasteiger partial charge is 0.394 e. The Labute approximate surface area is 192 Å². The van der Waals surface area contributed by atoms with Crippen LogP contribution in [0, 0.1) is 0 Å². The summed E-state index contributed by atoms with van der Waals surface area (Å²) in [5, 5.41) is 22.7. The molecule has 0 spiro atoms. The summed E-state index contributed by atoms with van der Waals surface area (Å²) in [6, 6.07) is 15.8. The Kier molecular flexibility index (Phi) is 8.16. The third-order valence-electron chi connectivity index (χ3n) is 5.34. The minimum absolute atomic E-state index is 0.0278. The zero-order valence-electron chi connectivity index (χ0n) is 18.1. The number of likely N-dealkylation sites (N-methyl/N-ethyl adjacent to an activating group) is 1. The van der Waals surface area contributed by atoms with Crippen LogP contribution in [0.4, 0.5) is 5.95 Å². The number of anilines is 1. The van der Waals surface area contributed by atoms with Gasteiger partial charge in [0.25, 0.3) is 5.91 Å². The molecule has 8 heteroatoms. The molecule has 3 rings (SSSR count). The van der Waals surface area contributed by atoms with Crippen LogP contribution in [0.1, 0.15) is 35.3 Å². The van der Waals surface area contributed by atoms with Crippen molar-refractivity contribution in [3.05, 3.63) is 76.9 Å². The Morgan fingerprint density at radius 2 is 1.78 bits per heavy atom. The molecule has 0 aliphatic heterocycles. The highest BCUT2D eigenvalue weighted by Crippen LogP contribution is 2.27. The van der Waals surface area contributed by atoms with E-state index in [1.54, 1.807) is 31.3 Å². The van der Waals surface area contributed by atoms with E-state index in [9.17, 15) is 15.0 Å². The molecule has 0 bridgehead atoms. The monoisotopic (exact) mass is 454 g/mol. The van der Waals surface area contributed by atoms with Gasteiger partial charge in [0.15, 0.2) is 0 Å². The van der Waals surface area contributed by atoms with Crippen molar-refractivity contribution in [2.24, 2.45) is 0 Å². The van der Waals surface area contributed by atoms with Gasteiger partial charge in [-0.15, -0.1) is 0 Å². The van der Waals surface area contributed by atoms with Gasteiger partial charge in [-0.25, -0.2) is 9.97 Å². The number of carbonyl (C=O) groups is 1. The maximum absolute atomic E-state index is 13.0. The van der Waals surface area contributed by atoms with Crippen LogP contribution < -0.4 is 5.32 Å². The topological polar surface area (TPSA) is 98.6 Å². The van der Waals surface area contributed by atoms with Crippen molar-refractivity contribution in [3.8, 4) is 11.3 Å². The molecule has 3 N–H and O–H groups in total. The van der Waals surface area contributed by atoms with Gasteiger partial charge < -0.3 is 20.4 Å². The van der Waals surface area contributed by atoms with Gasteiger partial charge in [-0.1, -0.05) is 61.0 Å². The molecule has 7 nitrogen and oxygen atoms in total. The molecular weight excluding hydrogens is 428 g/mol. The molecule has 0 saturated carbocycles. The molecule has 0 aliphatic rings. The first-order chi connectivity index (χ1) is 15.5. The van der Waals surface area contributed by atoms with Crippen LogP contribution in [0.25, 0.3) is 11.3 Å². The van der Waals surface area contributed by atoms with Crippen molar-refractivity contribution in [1.82, 2.24) is 14.9 Å². The Morgan fingerprint density at radius 3 is 2.38 bits per heavy atom. The number of amides is 1. The predicted octanol–water partition coefficient (Wildman–Crippen LogP) is 3.79. The van der Waals surface area contributed by atoms with Gasteiger partial charge in [0.1, 0.15) is 0 Å². The van der Waals surface area contributed by atoms with Crippen LogP contribution in [0.15, 0.2) is 60.8 Å². The lowest BCUT2D eigenvalue weighted by atomic mass is 10.0. The number of aliphatic hydroxyl groups excluding tert-OH is 2.